The van der Waals surface area contributed by atoms with Crippen molar-refractivity contribution in [1.29, 1.82) is 0 Å². The highest BCUT2D eigenvalue weighted by Crippen LogP contribution is 2.38. The maximum Gasteiger partial charge on any atom is 0.319 e. The Bertz CT molecular complexity index is 1320. The van der Waals surface area contributed by atoms with Gasteiger partial charge in [-0.1, -0.05) is 13.8 Å². The lowest BCUT2D eigenvalue weighted by Gasteiger charge is -2.47. The van der Waals surface area contributed by atoms with Gasteiger partial charge in [0.1, 0.15) is 18.1 Å². The number of aryl methyl sites for hydroxylation is 1. The predicted molar refractivity (Wildman–Crippen MR) is 187 cm³/mol. The van der Waals surface area contributed by atoms with Gasteiger partial charge in [-0.25, -0.2) is 4.98 Å². The van der Waals surface area contributed by atoms with E-state index in [4.69, 9.17) is 18.9 Å². The van der Waals surface area contributed by atoms with Gasteiger partial charge >= 0.3 is 5.97 Å². The number of carbonyl (C=O) groups excluding carboxylic acids is 3. The number of hydrogen-bond acceptors (Lipinski definition) is 12. The molecule has 9 atom stereocenters. The van der Waals surface area contributed by atoms with E-state index in [1.807, 2.05) is 51.8 Å². The van der Waals surface area contributed by atoms with Gasteiger partial charge in [-0.3, -0.25) is 24.2 Å². The van der Waals surface area contributed by atoms with Gasteiger partial charge in [0.25, 0.3) is 5.91 Å². The summed E-state index contributed by atoms with van der Waals surface area (Å²) in [6.45, 7) is 14.9. The monoisotopic (exact) mass is 706 g/mol. The molecule has 14 heteroatoms. The van der Waals surface area contributed by atoms with Crippen LogP contribution < -0.4 is 0 Å². The van der Waals surface area contributed by atoms with E-state index in [-0.39, 0.29) is 42.4 Å². The lowest BCUT2D eigenvalue weighted by molar-refractivity contribution is -0.295. The Morgan fingerprint density at radius 2 is 1.76 bits per heavy atom. The minimum absolute atomic E-state index is 0.0831. The number of cyclic esters (lactones) is 1. The quantitative estimate of drug-likeness (QED) is 0.325. The van der Waals surface area contributed by atoms with Crippen LogP contribution in [0.3, 0.4) is 0 Å². The van der Waals surface area contributed by atoms with Gasteiger partial charge in [0.05, 0.1) is 23.9 Å². The molecule has 14 nitrogen and oxygen atoms in total. The Morgan fingerprint density at radius 1 is 1.10 bits per heavy atom. The summed E-state index contributed by atoms with van der Waals surface area (Å²) in [4.78, 5) is 53.6. The second-order valence-corrected chi connectivity index (χ2v) is 15.9. The molecule has 0 bridgehead atoms. The number of aromatic nitrogens is 2. The Kier molecular flexibility index (Phi) is 13.3. The summed E-state index contributed by atoms with van der Waals surface area (Å²) in [6.07, 6.45) is 1.61. The minimum atomic E-state index is -1.47. The summed E-state index contributed by atoms with van der Waals surface area (Å²) in [7, 11) is 9.29. The van der Waals surface area contributed by atoms with Crippen LogP contribution >= 0.6 is 0 Å². The molecule has 3 aliphatic rings. The smallest absolute Gasteiger partial charge is 0.319 e. The number of esters is 1. The molecule has 284 valence electrons. The fourth-order valence-electron chi connectivity index (χ4n) is 7.93. The minimum Gasteiger partial charge on any atom is -0.463 e. The molecule has 1 amide bonds. The van der Waals surface area contributed by atoms with E-state index in [2.05, 4.69) is 21.7 Å². The molecule has 1 aromatic rings. The molecule has 3 aliphatic heterocycles. The fourth-order valence-corrected chi connectivity index (χ4v) is 7.93. The zero-order valence-electron chi connectivity index (χ0n) is 32.1. The number of ketones is 1. The number of nitrogens with zero attached hydrogens (tertiary/aromatic N) is 6. The van der Waals surface area contributed by atoms with Crippen LogP contribution in [0.4, 0.5) is 0 Å². The molecule has 3 saturated heterocycles. The molecular weight excluding hydrogens is 644 g/mol. The Balaban J connectivity index is 1.55. The number of imidazole rings is 1. The molecule has 0 aliphatic carbocycles. The van der Waals surface area contributed by atoms with E-state index in [9.17, 15) is 19.5 Å². The number of likely N-dealkylation sites (N-methyl/N-ethyl adjacent to an activating group) is 2. The highest BCUT2D eigenvalue weighted by atomic mass is 16.7. The van der Waals surface area contributed by atoms with Crippen LogP contribution in [0.1, 0.15) is 65.0 Å². The molecule has 4 rings (SSSR count). The third kappa shape index (κ3) is 8.94. The Hall–Kier alpha value is -2.46. The first kappa shape index (κ1) is 40.3. The van der Waals surface area contributed by atoms with E-state index in [1.165, 1.54) is 0 Å². The van der Waals surface area contributed by atoms with Crippen molar-refractivity contribution in [1.82, 2.24) is 29.2 Å². The summed E-state index contributed by atoms with van der Waals surface area (Å²) in [6, 6.07) is -0.350. The van der Waals surface area contributed by atoms with E-state index in [0.717, 1.165) is 0 Å². The number of piperazine rings is 1. The van der Waals surface area contributed by atoms with Crippen molar-refractivity contribution >= 4 is 17.7 Å². The summed E-state index contributed by atoms with van der Waals surface area (Å²) in [5.41, 5.74) is -2.44. The summed E-state index contributed by atoms with van der Waals surface area (Å²) in [5.74, 6) is -1.29. The number of carbonyl (C=O) groups is 3. The van der Waals surface area contributed by atoms with Gasteiger partial charge in [-0.05, 0) is 67.6 Å². The van der Waals surface area contributed by atoms with Crippen molar-refractivity contribution in [3.8, 4) is 0 Å². The van der Waals surface area contributed by atoms with Crippen molar-refractivity contribution in [2.24, 2.45) is 24.3 Å². The second kappa shape index (κ2) is 16.5. The standard InChI is InChI=1S/C36H62N6O8/c1-23-19-36(6,47-11)30(50-33-28(43)27(38(7)8)18-24(2)49-33)25(3)29(44)35(4,5)34(46)48-22-26(40(10)20-23)21-41-14-16-42(17-15-41)32(45)31-37-12-13-39(31)9/h12-13,23-28,30,33,43H,14-22H2,1-11H3/t23-,24-,25+,26-,27+,28-,30-,33+,36-/m1/s1. The van der Waals surface area contributed by atoms with Crippen molar-refractivity contribution in [2.75, 3.05) is 74.1 Å². The number of rotatable bonds is 7. The summed E-state index contributed by atoms with van der Waals surface area (Å²) in [5, 5.41) is 11.4. The van der Waals surface area contributed by atoms with E-state index >= 15 is 0 Å². The van der Waals surface area contributed by atoms with Crippen LogP contribution in [-0.4, -0.2) is 168 Å². The number of aliphatic hydroxyl groups excluding tert-OH is 1. The normalized spacial score (nSPS) is 35.7. The van der Waals surface area contributed by atoms with E-state index in [0.29, 0.717) is 57.9 Å². The molecule has 0 aromatic carbocycles. The summed E-state index contributed by atoms with van der Waals surface area (Å²) < 4.78 is 26.7. The van der Waals surface area contributed by atoms with Crippen LogP contribution in [0.15, 0.2) is 12.4 Å². The number of Topliss-reactive ketones (excluding diaryl/α,β-unsaturated/α-hetero) is 1. The zero-order valence-corrected chi connectivity index (χ0v) is 32.1. The highest BCUT2D eigenvalue weighted by Gasteiger charge is 2.51. The fraction of sp³-hybridized carbons (Fsp3) is 0.833. The van der Waals surface area contributed by atoms with Crippen LogP contribution in [0.5, 0.6) is 0 Å². The van der Waals surface area contributed by atoms with Gasteiger partial charge in [0, 0.05) is 77.8 Å². The van der Waals surface area contributed by atoms with Crippen LogP contribution in [0, 0.1) is 17.3 Å². The van der Waals surface area contributed by atoms with Gasteiger partial charge in [0.15, 0.2) is 17.9 Å². The van der Waals surface area contributed by atoms with Crippen molar-refractivity contribution < 1.29 is 38.4 Å². The van der Waals surface area contributed by atoms with Crippen LogP contribution in [-0.2, 0) is 35.6 Å². The molecule has 0 spiro atoms. The van der Waals surface area contributed by atoms with Crippen LogP contribution in [0.2, 0.25) is 0 Å². The van der Waals surface area contributed by atoms with Crippen molar-refractivity contribution in [2.45, 2.75) is 96.7 Å². The zero-order chi connectivity index (χ0) is 37.1. The van der Waals surface area contributed by atoms with Gasteiger partial charge in [0.2, 0.25) is 0 Å². The second-order valence-electron chi connectivity index (χ2n) is 15.9. The van der Waals surface area contributed by atoms with Gasteiger partial charge < -0.3 is 38.4 Å². The molecule has 1 N–H and O–H groups in total. The molecule has 3 fully saturated rings. The molecule has 0 radical (unpaired) electrons. The SMILES string of the molecule is CO[C@]1(C)C[C@@H](C)CN(C)[C@H](CN2CCN(C(=O)c3nccn3C)CC2)COC(=O)C(C)(C)C(=O)[C@H](C)[C@H]1O[C@@H]1O[C@H](C)C[C@H](N(C)C)[C@H]1O. The third-order valence-electron chi connectivity index (χ3n) is 11.1. The lowest BCUT2D eigenvalue weighted by atomic mass is 9.74. The number of ether oxygens (including phenoxy) is 4. The molecular formula is C36H62N6O8. The van der Waals surface area contributed by atoms with E-state index < -0.39 is 41.4 Å². The molecule has 0 saturated carbocycles. The van der Waals surface area contributed by atoms with Gasteiger partial charge in [-0.2, -0.15) is 0 Å². The van der Waals surface area contributed by atoms with Crippen molar-refractivity contribution in [3.05, 3.63) is 18.2 Å². The average Bonchev–Trinajstić information content (AvgIpc) is 3.50. The predicted octanol–water partition coefficient (Wildman–Crippen LogP) is 1.51. The number of hydrogen-bond donors (Lipinski definition) is 1. The maximum atomic E-state index is 14.3. The van der Waals surface area contributed by atoms with Crippen LogP contribution in [0.25, 0.3) is 0 Å². The number of amides is 1. The van der Waals surface area contributed by atoms with Crippen molar-refractivity contribution in [3.63, 3.8) is 0 Å². The highest BCUT2D eigenvalue weighted by molar-refractivity contribution is 6.04. The third-order valence-corrected chi connectivity index (χ3v) is 11.1. The average molecular weight is 707 g/mol. The molecule has 0 unspecified atom stereocenters. The molecule has 1 aromatic heterocycles. The summed E-state index contributed by atoms with van der Waals surface area (Å²) >= 11 is 0. The molecule has 50 heavy (non-hydrogen) atoms. The maximum absolute atomic E-state index is 14.3. The first-order valence-electron chi connectivity index (χ1n) is 18.0. The lowest BCUT2D eigenvalue weighted by Crippen LogP contribution is -2.59. The largest absolute Gasteiger partial charge is 0.463 e. The first-order chi connectivity index (χ1) is 23.4. The number of methoxy groups -OCH3 is 1. The van der Waals surface area contributed by atoms with E-state index in [1.54, 1.807) is 44.8 Å². The topological polar surface area (TPSA) is 139 Å². The Labute approximate surface area is 298 Å². The van der Waals surface area contributed by atoms with Gasteiger partial charge in [-0.15, -0.1) is 0 Å². The molecule has 4 heterocycles. The number of aliphatic hydroxyl groups is 1. The first-order valence-corrected chi connectivity index (χ1v) is 18.0. The Morgan fingerprint density at radius 3 is 2.34 bits per heavy atom.